The standard InChI is InChI=1S/C27H25F3N8O2/c1-17(18-5-7-20(8-6-18)36-10-12-37(13-11-36)25(39)27(28,29)30)34-26-33-15-19(14-31)23(35-26)21-16-32-24-22(40-2)4-3-9-38(21)24/h3-9,15-17H,10-13H2,1-2H3,(H,33,34,35)/t17-/m0/s1. The Labute approximate surface area is 227 Å². The van der Waals surface area contributed by atoms with Crippen molar-refractivity contribution in [1.29, 1.82) is 5.26 Å². The average molecular weight is 551 g/mol. The van der Waals surface area contributed by atoms with Gasteiger partial charge in [0.1, 0.15) is 11.8 Å². The van der Waals surface area contributed by atoms with E-state index in [2.05, 4.69) is 26.3 Å². The second-order valence-electron chi connectivity index (χ2n) is 9.22. The molecule has 1 fully saturated rings. The van der Waals surface area contributed by atoms with Crippen LogP contribution in [-0.2, 0) is 4.79 Å². The van der Waals surface area contributed by atoms with E-state index in [4.69, 9.17) is 4.74 Å². The monoisotopic (exact) mass is 550 g/mol. The number of rotatable bonds is 6. The lowest BCUT2D eigenvalue weighted by Gasteiger charge is -2.36. The number of halogens is 3. The second kappa shape index (κ2) is 10.7. The molecule has 4 aromatic rings. The molecule has 1 atom stereocenters. The molecule has 1 saturated heterocycles. The molecule has 1 aliphatic rings. The van der Waals surface area contributed by atoms with Gasteiger partial charge in [0.15, 0.2) is 11.4 Å². The molecule has 0 saturated carbocycles. The van der Waals surface area contributed by atoms with Crippen molar-refractivity contribution in [3.63, 3.8) is 0 Å². The van der Waals surface area contributed by atoms with Crippen LogP contribution < -0.4 is 15.0 Å². The third-order valence-electron chi connectivity index (χ3n) is 6.78. The van der Waals surface area contributed by atoms with Crippen LogP contribution in [-0.4, -0.2) is 69.6 Å². The van der Waals surface area contributed by atoms with Gasteiger partial charge in [0.2, 0.25) is 5.95 Å². The fourth-order valence-corrected chi connectivity index (χ4v) is 4.65. The highest BCUT2D eigenvalue weighted by molar-refractivity contribution is 5.82. The molecular weight excluding hydrogens is 525 g/mol. The number of aromatic nitrogens is 4. The smallest absolute Gasteiger partial charge is 0.471 e. The molecule has 4 heterocycles. The Morgan fingerprint density at radius 1 is 1.10 bits per heavy atom. The minimum atomic E-state index is -4.85. The number of nitrogens with one attached hydrogen (secondary N) is 1. The highest BCUT2D eigenvalue weighted by Gasteiger charge is 2.43. The highest BCUT2D eigenvalue weighted by Crippen LogP contribution is 2.28. The maximum atomic E-state index is 12.7. The Kier molecular flexibility index (Phi) is 7.17. The number of imidazole rings is 1. The van der Waals surface area contributed by atoms with Gasteiger partial charge >= 0.3 is 12.1 Å². The Hall–Kier alpha value is -4.86. The summed E-state index contributed by atoms with van der Waals surface area (Å²) >= 11 is 0. The molecule has 0 aliphatic carbocycles. The lowest BCUT2D eigenvalue weighted by atomic mass is 10.1. The van der Waals surface area contributed by atoms with E-state index < -0.39 is 12.1 Å². The molecule has 0 radical (unpaired) electrons. The molecule has 3 aromatic heterocycles. The van der Waals surface area contributed by atoms with Crippen LogP contribution >= 0.6 is 0 Å². The van der Waals surface area contributed by atoms with Gasteiger partial charge in [-0.2, -0.15) is 18.4 Å². The van der Waals surface area contributed by atoms with Gasteiger partial charge in [0.05, 0.1) is 36.8 Å². The number of anilines is 2. The molecule has 206 valence electrons. The van der Waals surface area contributed by atoms with Crippen LogP contribution in [0.5, 0.6) is 5.75 Å². The molecule has 40 heavy (non-hydrogen) atoms. The predicted octanol–water partition coefficient (Wildman–Crippen LogP) is 4.06. The number of fused-ring (bicyclic) bond motifs is 1. The van der Waals surface area contributed by atoms with Crippen molar-refractivity contribution in [1.82, 2.24) is 24.3 Å². The number of amides is 1. The van der Waals surface area contributed by atoms with Gasteiger partial charge in [-0.25, -0.2) is 15.0 Å². The summed E-state index contributed by atoms with van der Waals surface area (Å²) < 4.78 is 45.3. The zero-order chi connectivity index (χ0) is 28.4. The van der Waals surface area contributed by atoms with Crippen molar-refractivity contribution >= 4 is 23.2 Å². The largest absolute Gasteiger partial charge is 0.493 e. The van der Waals surface area contributed by atoms with Crippen LogP contribution in [0.4, 0.5) is 24.8 Å². The topological polar surface area (TPSA) is 112 Å². The van der Waals surface area contributed by atoms with Crippen LogP contribution in [0.2, 0.25) is 0 Å². The molecule has 5 rings (SSSR count). The van der Waals surface area contributed by atoms with Gasteiger partial charge in [0.25, 0.3) is 0 Å². The van der Waals surface area contributed by atoms with Gasteiger partial charge < -0.3 is 19.9 Å². The van der Waals surface area contributed by atoms with E-state index in [1.807, 2.05) is 48.4 Å². The van der Waals surface area contributed by atoms with Gasteiger partial charge in [-0.1, -0.05) is 12.1 Å². The zero-order valence-electron chi connectivity index (χ0n) is 21.7. The van der Waals surface area contributed by atoms with Gasteiger partial charge in [-0.3, -0.25) is 9.20 Å². The molecule has 0 bridgehead atoms. The molecule has 0 spiro atoms. The molecule has 1 aliphatic heterocycles. The van der Waals surface area contributed by atoms with Crippen molar-refractivity contribution in [3.8, 4) is 23.2 Å². The maximum absolute atomic E-state index is 12.7. The van der Waals surface area contributed by atoms with Gasteiger partial charge in [-0.05, 0) is 36.8 Å². The summed E-state index contributed by atoms with van der Waals surface area (Å²) in [5, 5.41) is 12.9. The van der Waals surface area contributed by atoms with Crippen LogP contribution in [0.25, 0.3) is 17.0 Å². The Morgan fingerprint density at radius 3 is 2.48 bits per heavy atom. The summed E-state index contributed by atoms with van der Waals surface area (Å²) in [6.45, 7) is 2.58. The molecule has 13 heteroatoms. The van der Waals surface area contributed by atoms with E-state index in [9.17, 15) is 23.2 Å². The molecule has 1 aromatic carbocycles. The van der Waals surface area contributed by atoms with Crippen molar-refractivity contribution in [2.24, 2.45) is 0 Å². The molecule has 0 unspecified atom stereocenters. The minimum absolute atomic E-state index is 0.00960. The summed E-state index contributed by atoms with van der Waals surface area (Å²) in [6.07, 6.45) is 0.0520. The van der Waals surface area contributed by atoms with Gasteiger partial charge in [-0.15, -0.1) is 0 Å². The first-order chi connectivity index (χ1) is 19.2. The number of ether oxygens (including phenoxy) is 1. The van der Waals surface area contributed by atoms with Crippen molar-refractivity contribution in [3.05, 3.63) is 66.1 Å². The third-order valence-corrected chi connectivity index (χ3v) is 6.78. The first-order valence-corrected chi connectivity index (χ1v) is 12.4. The summed E-state index contributed by atoms with van der Waals surface area (Å²) in [5.74, 6) is -0.876. The average Bonchev–Trinajstić information content (AvgIpc) is 3.41. The number of piperazine rings is 1. The summed E-state index contributed by atoms with van der Waals surface area (Å²) in [6, 6.07) is 13.2. The number of carbonyl (C=O) groups is 1. The van der Waals surface area contributed by atoms with Crippen LogP contribution in [0.15, 0.2) is 55.0 Å². The quantitative estimate of drug-likeness (QED) is 0.383. The van der Waals surface area contributed by atoms with Crippen LogP contribution in [0.3, 0.4) is 0 Å². The number of methoxy groups -OCH3 is 1. The van der Waals surface area contributed by atoms with E-state index in [0.29, 0.717) is 47.4 Å². The zero-order valence-corrected chi connectivity index (χ0v) is 21.7. The van der Waals surface area contributed by atoms with Gasteiger partial charge in [0, 0.05) is 38.1 Å². The summed E-state index contributed by atoms with van der Waals surface area (Å²) in [5.41, 5.74) is 3.72. The fourth-order valence-electron chi connectivity index (χ4n) is 4.65. The SMILES string of the molecule is COc1cccn2c(-c3nc(N[C@@H](C)c4ccc(N5CCN(C(=O)C(F)(F)F)CC5)cc4)ncc3C#N)cnc12. The summed E-state index contributed by atoms with van der Waals surface area (Å²) in [4.78, 5) is 27.6. The number of hydrogen-bond donors (Lipinski definition) is 1. The number of benzene rings is 1. The second-order valence-corrected chi connectivity index (χ2v) is 9.22. The highest BCUT2D eigenvalue weighted by atomic mass is 19.4. The van der Waals surface area contributed by atoms with Crippen LogP contribution in [0, 0.1) is 11.3 Å². The first kappa shape index (κ1) is 26.7. The number of pyridine rings is 1. The van der Waals surface area contributed by atoms with E-state index in [-0.39, 0.29) is 19.1 Å². The van der Waals surface area contributed by atoms with E-state index in [1.165, 1.54) is 6.20 Å². The van der Waals surface area contributed by atoms with Crippen molar-refractivity contribution in [2.45, 2.75) is 19.1 Å². The number of carbonyl (C=O) groups excluding carboxylic acids is 1. The molecule has 1 amide bonds. The lowest BCUT2D eigenvalue weighted by Crippen LogP contribution is -2.52. The number of nitriles is 1. The van der Waals surface area contributed by atoms with Crippen LogP contribution in [0.1, 0.15) is 24.1 Å². The lowest BCUT2D eigenvalue weighted by molar-refractivity contribution is -0.185. The number of hydrogen-bond acceptors (Lipinski definition) is 8. The number of alkyl halides is 3. The van der Waals surface area contributed by atoms with Crippen molar-refractivity contribution < 1.29 is 22.7 Å². The van der Waals surface area contributed by atoms with E-state index >= 15 is 0 Å². The molecule has 1 N–H and O–H groups in total. The first-order valence-electron chi connectivity index (χ1n) is 12.4. The summed E-state index contributed by atoms with van der Waals surface area (Å²) in [7, 11) is 1.56. The van der Waals surface area contributed by atoms with E-state index in [1.54, 1.807) is 23.8 Å². The third kappa shape index (κ3) is 5.20. The fraction of sp³-hybridized carbons (Fsp3) is 0.296. The van der Waals surface area contributed by atoms with Crippen molar-refractivity contribution in [2.75, 3.05) is 43.5 Å². The number of nitrogens with zero attached hydrogens (tertiary/aromatic N) is 7. The van der Waals surface area contributed by atoms with E-state index in [0.717, 1.165) is 16.2 Å². The maximum Gasteiger partial charge on any atom is 0.471 e. The normalized spacial score (nSPS) is 14.6. The molecular formula is C27H25F3N8O2. The Balaban J connectivity index is 1.29. The Bertz CT molecular complexity index is 1570. The Morgan fingerprint density at radius 2 is 1.82 bits per heavy atom. The minimum Gasteiger partial charge on any atom is -0.493 e. The predicted molar refractivity (Wildman–Crippen MR) is 141 cm³/mol. The molecule has 10 nitrogen and oxygen atoms in total.